The van der Waals surface area contributed by atoms with Crippen molar-refractivity contribution in [2.75, 3.05) is 11.5 Å². The summed E-state index contributed by atoms with van der Waals surface area (Å²) < 4.78 is 5.26. The standard InChI is InChI=1S/C21H24N2O4/c1-5-27-21(26)22-13(4)15-11(2)12(3)18(22)17-16(15)19(24)23(20(17)25)14-9-7-6-8-10-14/h6-10,13,15-18H,5H2,1-4H3/t13-,15+,16+,17+,18+/m1/s1. The van der Waals surface area contributed by atoms with Gasteiger partial charge in [-0.25, -0.2) is 9.69 Å². The summed E-state index contributed by atoms with van der Waals surface area (Å²) in [5.41, 5.74) is 2.71. The molecule has 1 aliphatic carbocycles. The normalized spacial score (nSPS) is 32.2. The molecule has 0 aromatic heterocycles. The van der Waals surface area contributed by atoms with Gasteiger partial charge in [0.05, 0.1) is 30.2 Å². The van der Waals surface area contributed by atoms with Crippen LogP contribution in [0.15, 0.2) is 41.5 Å². The number of fused-ring (bicyclic) bond motifs is 1. The second kappa shape index (κ2) is 6.22. The van der Waals surface area contributed by atoms with E-state index < -0.39 is 24.0 Å². The molecule has 5 rings (SSSR count). The molecule has 6 nitrogen and oxygen atoms in total. The number of rotatable bonds is 2. The number of amides is 3. The Morgan fingerprint density at radius 2 is 1.63 bits per heavy atom. The summed E-state index contributed by atoms with van der Waals surface area (Å²) in [4.78, 5) is 42.3. The van der Waals surface area contributed by atoms with Crippen LogP contribution in [0, 0.1) is 17.8 Å². The van der Waals surface area contributed by atoms with E-state index >= 15 is 0 Å². The van der Waals surface area contributed by atoms with Crippen LogP contribution in [0.25, 0.3) is 0 Å². The van der Waals surface area contributed by atoms with Crippen LogP contribution in [0.1, 0.15) is 27.7 Å². The first-order valence-corrected chi connectivity index (χ1v) is 9.45. The van der Waals surface area contributed by atoms with Crippen LogP contribution in [-0.2, 0) is 14.3 Å². The van der Waals surface area contributed by atoms with Gasteiger partial charge in [0.1, 0.15) is 0 Å². The minimum Gasteiger partial charge on any atom is -0.450 e. The average molecular weight is 368 g/mol. The number of nitrogens with zero attached hydrogens (tertiary/aromatic N) is 2. The zero-order chi connectivity index (χ0) is 19.5. The first-order valence-electron chi connectivity index (χ1n) is 9.45. The van der Waals surface area contributed by atoms with Crippen molar-refractivity contribution in [1.29, 1.82) is 0 Å². The van der Waals surface area contributed by atoms with Gasteiger partial charge >= 0.3 is 6.09 Å². The van der Waals surface area contributed by atoms with E-state index in [1.807, 2.05) is 39.0 Å². The van der Waals surface area contributed by atoms with Gasteiger partial charge < -0.3 is 4.74 Å². The van der Waals surface area contributed by atoms with Crippen LogP contribution in [0.4, 0.5) is 10.5 Å². The molecule has 3 heterocycles. The van der Waals surface area contributed by atoms with Crippen LogP contribution in [0.2, 0.25) is 0 Å². The number of benzene rings is 1. The fraction of sp³-hybridized carbons (Fsp3) is 0.476. The maximum Gasteiger partial charge on any atom is 0.410 e. The Hall–Kier alpha value is -2.63. The molecule has 142 valence electrons. The predicted molar refractivity (Wildman–Crippen MR) is 99.9 cm³/mol. The fourth-order valence-electron chi connectivity index (χ4n) is 5.24. The Bertz CT molecular complexity index is 847. The molecule has 0 N–H and O–H groups in total. The highest BCUT2D eigenvalue weighted by Gasteiger charge is 2.65. The minimum absolute atomic E-state index is 0.159. The van der Waals surface area contributed by atoms with Gasteiger partial charge in [-0.2, -0.15) is 0 Å². The highest BCUT2D eigenvalue weighted by molar-refractivity contribution is 6.23. The van der Waals surface area contributed by atoms with E-state index in [0.29, 0.717) is 5.69 Å². The molecular formula is C21H24N2O4. The summed E-state index contributed by atoms with van der Waals surface area (Å²) >= 11 is 0. The summed E-state index contributed by atoms with van der Waals surface area (Å²) in [6.45, 7) is 7.97. The second-order valence-electron chi connectivity index (χ2n) is 7.58. The number of hydrogen-bond acceptors (Lipinski definition) is 4. The number of para-hydroxylation sites is 1. The lowest BCUT2D eigenvalue weighted by atomic mass is 9.61. The van der Waals surface area contributed by atoms with Crippen LogP contribution >= 0.6 is 0 Å². The average Bonchev–Trinajstić information content (AvgIpc) is 2.91. The van der Waals surface area contributed by atoms with Crippen molar-refractivity contribution in [3.8, 4) is 0 Å². The van der Waals surface area contributed by atoms with Crippen molar-refractivity contribution in [3.63, 3.8) is 0 Å². The van der Waals surface area contributed by atoms with Crippen LogP contribution in [0.3, 0.4) is 0 Å². The van der Waals surface area contributed by atoms with Crippen molar-refractivity contribution < 1.29 is 19.1 Å². The molecule has 4 aliphatic rings. The van der Waals surface area contributed by atoms with Gasteiger partial charge in [-0.3, -0.25) is 14.5 Å². The molecule has 0 unspecified atom stereocenters. The first kappa shape index (κ1) is 17.8. The number of imide groups is 1. The lowest BCUT2D eigenvalue weighted by Crippen LogP contribution is -2.64. The van der Waals surface area contributed by atoms with Gasteiger partial charge in [0.2, 0.25) is 11.8 Å². The largest absolute Gasteiger partial charge is 0.450 e. The van der Waals surface area contributed by atoms with Gasteiger partial charge in [0, 0.05) is 12.0 Å². The van der Waals surface area contributed by atoms with E-state index in [9.17, 15) is 14.4 Å². The zero-order valence-electron chi connectivity index (χ0n) is 16.0. The lowest BCUT2D eigenvalue weighted by Gasteiger charge is -2.54. The number of carbonyl (C=O) groups excluding carboxylic acids is 3. The van der Waals surface area contributed by atoms with Gasteiger partial charge in [-0.15, -0.1) is 0 Å². The maximum absolute atomic E-state index is 13.3. The molecule has 2 saturated heterocycles. The molecular weight excluding hydrogens is 344 g/mol. The Balaban J connectivity index is 1.81. The number of anilines is 1. The van der Waals surface area contributed by atoms with Crippen LogP contribution in [-0.4, -0.2) is 41.5 Å². The van der Waals surface area contributed by atoms with Crippen molar-refractivity contribution in [2.45, 2.75) is 39.8 Å². The SMILES string of the molecule is CCOC(=O)N1[C@H](C)[C@@H]2C(C)=C(C)[C@H]1[C@H]1C(=O)N(c3ccccc3)C(=O)[C@@H]21. The summed E-state index contributed by atoms with van der Waals surface area (Å²) in [6.07, 6.45) is -0.413. The van der Waals surface area contributed by atoms with Crippen molar-refractivity contribution >= 4 is 23.6 Å². The molecule has 6 heteroatoms. The second-order valence-corrected chi connectivity index (χ2v) is 7.58. The molecule has 0 radical (unpaired) electrons. The summed E-state index contributed by atoms with van der Waals surface area (Å²) in [5, 5.41) is 0. The van der Waals surface area contributed by atoms with E-state index in [1.165, 1.54) is 4.90 Å². The Labute approximate surface area is 158 Å². The molecule has 0 spiro atoms. The Kier molecular flexibility index (Phi) is 4.09. The molecule has 2 fully saturated rings. The first-order chi connectivity index (χ1) is 12.9. The smallest absolute Gasteiger partial charge is 0.410 e. The number of carbonyl (C=O) groups is 3. The fourth-order valence-corrected chi connectivity index (χ4v) is 5.24. The zero-order valence-corrected chi connectivity index (χ0v) is 16.0. The van der Waals surface area contributed by atoms with E-state index in [4.69, 9.17) is 4.74 Å². The van der Waals surface area contributed by atoms with Gasteiger partial charge in [-0.05, 0) is 39.8 Å². The third kappa shape index (κ3) is 2.28. The van der Waals surface area contributed by atoms with E-state index in [2.05, 4.69) is 0 Å². The van der Waals surface area contributed by atoms with Crippen molar-refractivity contribution in [3.05, 3.63) is 41.5 Å². The molecule has 5 atom stereocenters. The van der Waals surface area contributed by atoms with Crippen LogP contribution < -0.4 is 4.90 Å². The third-order valence-electron chi connectivity index (χ3n) is 6.44. The maximum atomic E-state index is 13.3. The van der Waals surface area contributed by atoms with Gasteiger partial charge in [0.25, 0.3) is 0 Å². The highest BCUT2D eigenvalue weighted by atomic mass is 16.6. The number of ether oxygens (including phenoxy) is 1. The highest BCUT2D eigenvalue weighted by Crippen LogP contribution is 2.54. The van der Waals surface area contributed by atoms with Crippen molar-refractivity contribution in [1.82, 2.24) is 4.90 Å². The monoisotopic (exact) mass is 368 g/mol. The van der Waals surface area contributed by atoms with Crippen LogP contribution in [0.5, 0.6) is 0 Å². The van der Waals surface area contributed by atoms with Gasteiger partial charge in [0.15, 0.2) is 0 Å². The van der Waals surface area contributed by atoms with E-state index in [1.54, 1.807) is 24.0 Å². The lowest BCUT2D eigenvalue weighted by molar-refractivity contribution is -0.129. The molecule has 3 aliphatic heterocycles. The number of piperidine rings is 1. The van der Waals surface area contributed by atoms with Crippen molar-refractivity contribution in [2.24, 2.45) is 17.8 Å². The number of hydrogen-bond donors (Lipinski definition) is 0. The van der Waals surface area contributed by atoms with E-state index in [0.717, 1.165) is 11.1 Å². The molecule has 0 saturated carbocycles. The summed E-state index contributed by atoms with van der Waals surface area (Å²) in [5.74, 6) is -1.53. The Morgan fingerprint density at radius 1 is 1.00 bits per heavy atom. The van der Waals surface area contributed by atoms with Gasteiger partial charge in [-0.1, -0.05) is 29.3 Å². The minimum atomic E-state index is -0.549. The molecule has 1 aromatic rings. The molecule has 2 bridgehead atoms. The topological polar surface area (TPSA) is 66.9 Å². The molecule has 3 amide bonds. The molecule has 1 aromatic carbocycles. The Morgan fingerprint density at radius 3 is 2.26 bits per heavy atom. The van der Waals surface area contributed by atoms with E-state index in [-0.39, 0.29) is 30.4 Å². The molecule has 27 heavy (non-hydrogen) atoms. The summed E-state index contributed by atoms with van der Waals surface area (Å²) in [6, 6.07) is 8.41. The quantitative estimate of drug-likeness (QED) is 0.595. The predicted octanol–water partition coefficient (Wildman–Crippen LogP) is 2.99. The summed E-state index contributed by atoms with van der Waals surface area (Å²) in [7, 11) is 0. The third-order valence-corrected chi connectivity index (χ3v) is 6.44.